The van der Waals surface area contributed by atoms with Gasteiger partial charge in [-0.2, -0.15) is 0 Å². The highest BCUT2D eigenvalue weighted by Crippen LogP contribution is 2.32. The average Bonchev–Trinajstić information content (AvgIpc) is 2.26. The molecule has 1 aliphatic carbocycles. The number of aliphatic hydroxyl groups is 1. The molecule has 0 saturated heterocycles. The summed E-state index contributed by atoms with van der Waals surface area (Å²) in [7, 11) is 0. The average molecular weight is 250 g/mol. The minimum absolute atomic E-state index is 0.107. The molecule has 0 heterocycles. The van der Waals surface area contributed by atoms with Crippen molar-refractivity contribution in [3.8, 4) is 5.75 Å². The van der Waals surface area contributed by atoms with Crippen molar-refractivity contribution in [1.82, 2.24) is 0 Å². The Morgan fingerprint density at radius 3 is 2.78 bits per heavy atom. The third-order valence-electron chi connectivity index (χ3n) is 3.22. The molecule has 0 radical (unpaired) electrons. The Hall–Kier alpha value is -1.42. The summed E-state index contributed by atoms with van der Waals surface area (Å²) in [4.78, 5) is 0. The van der Waals surface area contributed by atoms with Crippen LogP contribution in [-0.2, 0) is 0 Å². The molecule has 0 aliphatic heterocycles. The number of nitrogens with one attached hydrogen (secondary N) is 1. The number of para-hydroxylation sites is 1. The van der Waals surface area contributed by atoms with Gasteiger partial charge in [-0.05, 0) is 44.7 Å². The number of hydrogen-bond donors (Lipinski definition) is 3. The summed E-state index contributed by atoms with van der Waals surface area (Å²) in [6, 6.07) is 5.78. The fraction of sp³-hybridized carbons (Fsp3) is 0.571. The van der Waals surface area contributed by atoms with Crippen LogP contribution in [0.1, 0.15) is 26.7 Å². The van der Waals surface area contributed by atoms with Crippen LogP contribution in [0.5, 0.6) is 5.75 Å². The van der Waals surface area contributed by atoms with Crippen molar-refractivity contribution in [2.24, 2.45) is 5.92 Å². The third kappa shape index (κ3) is 3.07. The molecular weight excluding hydrogens is 228 g/mol. The van der Waals surface area contributed by atoms with Gasteiger partial charge in [-0.15, -0.1) is 0 Å². The molecule has 0 spiro atoms. The number of benzene rings is 1. The van der Waals surface area contributed by atoms with Gasteiger partial charge in [-0.1, -0.05) is 6.07 Å². The van der Waals surface area contributed by atoms with Crippen LogP contribution in [0.25, 0.3) is 0 Å². The van der Waals surface area contributed by atoms with Gasteiger partial charge in [0.25, 0.3) is 0 Å². The second-order valence-corrected chi connectivity index (χ2v) is 5.26. The van der Waals surface area contributed by atoms with Gasteiger partial charge >= 0.3 is 0 Å². The van der Waals surface area contributed by atoms with E-state index < -0.39 is 0 Å². The number of hydrogen-bond acceptors (Lipinski definition) is 4. The van der Waals surface area contributed by atoms with E-state index in [1.807, 2.05) is 32.0 Å². The van der Waals surface area contributed by atoms with Crippen LogP contribution in [0.2, 0.25) is 0 Å². The van der Waals surface area contributed by atoms with Crippen LogP contribution in [0.4, 0.5) is 11.4 Å². The highest BCUT2D eigenvalue weighted by Gasteiger charge is 2.26. The van der Waals surface area contributed by atoms with Crippen LogP contribution >= 0.6 is 0 Å². The minimum Gasteiger partial charge on any atom is -0.489 e. The molecule has 1 aromatic rings. The second kappa shape index (κ2) is 5.48. The van der Waals surface area contributed by atoms with E-state index in [-0.39, 0.29) is 12.2 Å². The summed E-state index contributed by atoms with van der Waals surface area (Å²) in [6.07, 6.45) is 1.78. The number of rotatable bonds is 5. The first kappa shape index (κ1) is 13.0. The Labute approximate surface area is 108 Å². The van der Waals surface area contributed by atoms with Crippen molar-refractivity contribution in [3.05, 3.63) is 18.2 Å². The lowest BCUT2D eigenvalue weighted by atomic mass is 9.82. The predicted octanol–water partition coefficient (Wildman–Crippen LogP) is 2.24. The van der Waals surface area contributed by atoms with E-state index in [4.69, 9.17) is 10.5 Å². The van der Waals surface area contributed by atoms with Crippen LogP contribution in [-0.4, -0.2) is 23.9 Å². The number of aliphatic hydroxyl groups excluding tert-OH is 1. The number of anilines is 2. The molecule has 4 nitrogen and oxygen atoms in total. The zero-order valence-electron chi connectivity index (χ0n) is 11.0. The van der Waals surface area contributed by atoms with Crippen molar-refractivity contribution < 1.29 is 9.84 Å². The molecule has 2 rings (SSSR count). The van der Waals surface area contributed by atoms with Gasteiger partial charge in [0.2, 0.25) is 0 Å². The monoisotopic (exact) mass is 250 g/mol. The Bertz CT molecular complexity index is 401. The van der Waals surface area contributed by atoms with Crippen molar-refractivity contribution in [1.29, 1.82) is 0 Å². The summed E-state index contributed by atoms with van der Waals surface area (Å²) in [5.41, 5.74) is 7.64. The van der Waals surface area contributed by atoms with Gasteiger partial charge in [0.05, 0.1) is 23.6 Å². The highest BCUT2D eigenvalue weighted by molar-refractivity contribution is 5.72. The topological polar surface area (TPSA) is 67.5 Å². The Kier molecular flexibility index (Phi) is 3.97. The summed E-state index contributed by atoms with van der Waals surface area (Å²) >= 11 is 0. The maximum Gasteiger partial charge on any atom is 0.144 e. The minimum atomic E-state index is -0.107. The fourth-order valence-corrected chi connectivity index (χ4v) is 2.18. The SMILES string of the molecule is CC(C)Oc1cccc(NCC2CC(O)C2)c1N. The molecule has 0 amide bonds. The third-order valence-corrected chi connectivity index (χ3v) is 3.22. The maximum atomic E-state index is 9.24. The normalized spacial score (nSPS) is 22.7. The predicted molar refractivity (Wildman–Crippen MR) is 73.8 cm³/mol. The molecule has 4 heteroatoms. The van der Waals surface area contributed by atoms with Gasteiger partial charge in [-0.25, -0.2) is 0 Å². The molecule has 0 unspecified atom stereocenters. The number of nitrogen functional groups attached to an aromatic ring is 1. The summed E-state index contributed by atoms with van der Waals surface area (Å²) in [5, 5.41) is 12.6. The number of ether oxygens (including phenoxy) is 1. The van der Waals surface area contributed by atoms with Gasteiger partial charge in [-0.3, -0.25) is 0 Å². The second-order valence-electron chi connectivity index (χ2n) is 5.26. The molecular formula is C14H22N2O2. The zero-order chi connectivity index (χ0) is 13.1. The Morgan fingerprint density at radius 2 is 2.17 bits per heavy atom. The molecule has 0 aromatic heterocycles. The molecule has 1 aromatic carbocycles. The largest absolute Gasteiger partial charge is 0.489 e. The molecule has 1 aliphatic rings. The van der Waals surface area contributed by atoms with E-state index in [0.29, 0.717) is 11.6 Å². The van der Waals surface area contributed by atoms with E-state index in [1.165, 1.54) is 0 Å². The Morgan fingerprint density at radius 1 is 1.44 bits per heavy atom. The van der Waals surface area contributed by atoms with Crippen molar-refractivity contribution in [3.63, 3.8) is 0 Å². The number of nitrogens with two attached hydrogens (primary N) is 1. The van der Waals surface area contributed by atoms with Crippen LogP contribution in [0, 0.1) is 5.92 Å². The van der Waals surface area contributed by atoms with Crippen molar-refractivity contribution in [2.45, 2.75) is 38.9 Å². The lowest BCUT2D eigenvalue weighted by Crippen LogP contribution is -2.33. The molecule has 18 heavy (non-hydrogen) atoms. The zero-order valence-corrected chi connectivity index (χ0v) is 11.0. The highest BCUT2D eigenvalue weighted by atomic mass is 16.5. The molecule has 4 N–H and O–H groups in total. The van der Waals surface area contributed by atoms with Crippen LogP contribution in [0.3, 0.4) is 0 Å². The standard InChI is InChI=1S/C14H22N2O2/c1-9(2)18-13-5-3-4-12(14(13)15)16-8-10-6-11(17)7-10/h3-5,9-11,16-17H,6-8,15H2,1-2H3. The first-order chi connectivity index (χ1) is 8.56. The summed E-state index contributed by atoms with van der Waals surface area (Å²) < 4.78 is 5.64. The van der Waals surface area contributed by atoms with E-state index in [0.717, 1.165) is 30.8 Å². The maximum absolute atomic E-state index is 9.24. The molecule has 0 atom stereocenters. The summed E-state index contributed by atoms with van der Waals surface area (Å²) in [5.74, 6) is 1.28. The fourth-order valence-electron chi connectivity index (χ4n) is 2.18. The van der Waals surface area contributed by atoms with E-state index in [2.05, 4.69) is 5.32 Å². The van der Waals surface area contributed by atoms with Crippen LogP contribution < -0.4 is 15.8 Å². The van der Waals surface area contributed by atoms with Crippen molar-refractivity contribution >= 4 is 11.4 Å². The first-order valence-corrected chi connectivity index (χ1v) is 6.53. The molecule has 1 fully saturated rings. The van der Waals surface area contributed by atoms with Gasteiger partial charge in [0.1, 0.15) is 5.75 Å². The van der Waals surface area contributed by atoms with Gasteiger partial charge in [0, 0.05) is 6.54 Å². The van der Waals surface area contributed by atoms with Gasteiger partial charge < -0.3 is 20.9 Å². The van der Waals surface area contributed by atoms with Gasteiger partial charge in [0.15, 0.2) is 0 Å². The molecule has 100 valence electrons. The summed E-state index contributed by atoms with van der Waals surface area (Å²) in [6.45, 7) is 4.82. The van der Waals surface area contributed by atoms with Crippen molar-refractivity contribution in [2.75, 3.05) is 17.6 Å². The first-order valence-electron chi connectivity index (χ1n) is 6.53. The molecule has 1 saturated carbocycles. The molecule has 0 bridgehead atoms. The van der Waals surface area contributed by atoms with E-state index >= 15 is 0 Å². The van der Waals surface area contributed by atoms with E-state index in [1.54, 1.807) is 0 Å². The lowest BCUT2D eigenvalue weighted by Gasteiger charge is -2.31. The van der Waals surface area contributed by atoms with E-state index in [9.17, 15) is 5.11 Å². The van der Waals surface area contributed by atoms with Crippen LogP contribution in [0.15, 0.2) is 18.2 Å². The lowest BCUT2D eigenvalue weighted by molar-refractivity contribution is 0.0487. The Balaban J connectivity index is 1.95. The quantitative estimate of drug-likeness (QED) is 0.701. The smallest absolute Gasteiger partial charge is 0.144 e.